The Kier molecular flexibility index (Phi) is 4.08. The lowest BCUT2D eigenvalue weighted by atomic mass is 10.2. The van der Waals surface area contributed by atoms with E-state index in [4.69, 9.17) is 0 Å². The van der Waals surface area contributed by atoms with E-state index in [1.54, 1.807) is 12.1 Å². The molecule has 0 radical (unpaired) electrons. The molecule has 0 aliphatic heterocycles. The molecule has 1 aromatic heterocycles. The van der Waals surface area contributed by atoms with Crippen molar-refractivity contribution in [3.63, 3.8) is 0 Å². The summed E-state index contributed by atoms with van der Waals surface area (Å²) in [5.41, 5.74) is 0.425. The predicted molar refractivity (Wildman–Crippen MR) is 71.3 cm³/mol. The average Bonchev–Trinajstić information content (AvgIpc) is 2.88. The molecule has 20 heavy (non-hydrogen) atoms. The summed E-state index contributed by atoms with van der Waals surface area (Å²) >= 11 is 3.18. The van der Waals surface area contributed by atoms with Crippen molar-refractivity contribution in [2.75, 3.05) is 7.11 Å². The van der Waals surface area contributed by atoms with Crippen LogP contribution in [0.4, 0.5) is 5.69 Å². The first-order chi connectivity index (χ1) is 9.51. The highest BCUT2D eigenvalue weighted by Crippen LogP contribution is 2.24. The Labute approximate surface area is 121 Å². The van der Waals surface area contributed by atoms with Crippen molar-refractivity contribution in [1.29, 1.82) is 0 Å². The number of hydrogen-bond acceptors (Lipinski definition) is 6. The maximum absolute atomic E-state index is 11.2. The van der Waals surface area contributed by atoms with Crippen molar-refractivity contribution in [2.45, 2.75) is 6.54 Å². The fourth-order valence-electron chi connectivity index (χ4n) is 1.57. The molecule has 2 rings (SSSR count). The minimum Gasteiger partial charge on any atom is -0.463 e. The van der Waals surface area contributed by atoms with Gasteiger partial charge in [-0.15, -0.1) is 5.10 Å². The van der Waals surface area contributed by atoms with Gasteiger partial charge < -0.3 is 4.74 Å². The van der Waals surface area contributed by atoms with Gasteiger partial charge in [0.2, 0.25) is 0 Å². The molecule has 0 bridgehead atoms. The van der Waals surface area contributed by atoms with Gasteiger partial charge >= 0.3 is 5.97 Å². The molecule has 0 amide bonds. The molecule has 0 fully saturated rings. The molecular weight excluding hydrogens is 332 g/mol. The van der Waals surface area contributed by atoms with E-state index >= 15 is 0 Å². The zero-order valence-electron chi connectivity index (χ0n) is 10.3. The Hall–Kier alpha value is -2.29. The maximum atomic E-state index is 11.2. The van der Waals surface area contributed by atoms with Gasteiger partial charge in [-0.05, 0) is 12.1 Å². The first kappa shape index (κ1) is 14.1. The number of rotatable bonds is 4. The molecule has 0 atom stereocenters. The van der Waals surface area contributed by atoms with Crippen LogP contribution in [0.25, 0.3) is 0 Å². The molecule has 0 aliphatic rings. The third-order valence-electron chi connectivity index (χ3n) is 2.48. The maximum Gasteiger partial charge on any atom is 0.377 e. The van der Waals surface area contributed by atoms with Gasteiger partial charge in [0.25, 0.3) is 11.5 Å². The number of ether oxygens (including phenoxy) is 1. The number of nitrogens with zero attached hydrogens (tertiary/aromatic N) is 4. The summed E-state index contributed by atoms with van der Waals surface area (Å²) < 4.78 is 6.43. The van der Waals surface area contributed by atoms with Crippen LogP contribution in [0.5, 0.6) is 0 Å². The predicted octanol–water partition coefficient (Wildman–Crippen LogP) is 1.78. The molecule has 0 saturated heterocycles. The molecular formula is C11H9BrN4O4. The summed E-state index contributed by atoms with van der Waals surface area (Å²) in [7, 11) is 1.22. The Balaban J connectivity index is 2.28. The van der Waals surface area contributed by atoms with Crippen LogP contribution in [0.3, 0.4) is 0 Å². The number of nitro groups is 1. The number of esters is 1. The van der Waals surface area contributed by atoms with Crippen LogP contribution in [0.1, 0.15) is 16.2 Å². The number of carbonyl (C=O) groups excluding carboxylic acids is 1. The largest absolute Gasteiger partial charge is 0.463 e. The first-order valence-electron chi connectivity index (χ1n) is 5.42. The van der Waals surface area contributed by atoms with E-state index in [9.17, 15) is 14.9 Å². The van der Waals surface area contributed by atoms with Crippen molar-refractivity contribution in [2.24, 2.45) is 0 Å². The van der Waals surface area contributed by atoms with Crippen LogP contribution in [0.15, 0.2) is 29.0 Å². The Morgan fingerprint density at radius 1 is 1.55 bits per heavy atom. The molecule has 0 N–H and O–H groups in total. The van der Waals surface area contributed by atoms with Gasteiger partial charge in [-0.2, -0.15) is 0 Å². The van der Waals surface area contributed by atoms with E-state index in [1.807, 2.05) is 0 Å². The molecule has 0 unspecified atom stereocenters. The summed E-state index contributed by atoms with van der Waals surface area (Å²) in [4.78, 5) is 25.5. The van der Waals surface area contributed by atoms with E-state index in [0.29, 0.717) is 10.0 Å². The van der Waals surface area contributed by atoms with Gasteiger partial charge in [-0.1, -0.05) is 15.9 Å². The zero-order chi connectivity index (χ0) is 14.7. The average molecular weight is 341 g/mol. The number of methoxy groups -OCH3 is 1. The molecule has 1 heterocycles. The monoisotopic (exact) mass is 340 g/mol. The number of halogens is 1. The zero-order valence-corrected chi connectivity index (χ0v) is 11.9. The first-order valence-corrected chi connectivity index (χ1v) is 6.21. The topological polar surface area (TPSA) is 100 Å². The van der Waals surface area contributed by atoms with Gasteiger partial charge in [-0.3, -0.25) is 10.1 Å². The Bertz CT molecular complexity index is 670. The number of aromatic nitrogens is 3. The Morgan fingerprint density at radius 3 is 2.95 bits per heavy atom. The molecule has 0 aliphatic carbocycles. The van der Waals surface area contributed by atoms with Gasteiger partial charge in [0, 0.05) is 10.5 Å². The second-order valence-corrected chi connectivity index (χ2v) is 4.70. The van der Waals surface area contributed by atoms with E-state index in [2.05, 4.69) is 30.7 Å². The molecule has 2 aromatic rings. The second-order valence-electron chi connectivity index (χ2n) is 3.79. The molecule has 0 spiro atoms. The summed E-state index contributed by atoms with van der Waals surface area (Å²) in [5, 5.41) is 14.9. The van der Waals surface area contributed by atoms with Gasteiger partial charge in [-0.25, -0.2) is 14.5 Å². The normalized spacial score (nSPS) is 10.3. The highest BCUT2D eigenvalue weighted by Gasteiger charge is 2.16. The smallest absolute Gasteiger partial charge is 0.377 e. The van der Waals surface area contributed by atoms with E-state index < -0.39 is 10.9 Å². The number of hydrogen-bond donors (Lipinski definition) is 0. The summed E-state index contributed by atoms with van der Waals surface area (Å²) in [6, 6.07) is 4.72. The van der Waals surface area contributed by atoms with Crippen molar-refractivity contribution in [3.8, 4) is 0 Å². The summed E-state index contributed by atoms with van der Waals surface area (Å²) in [6.45, 7) is 0.133. The molecule has 0 saturated carbocycles. The highest BCUT2D eigenvalue weighted by molar-refractivity contribution is 9.10. The van der Waals surface area contributed by atoms with Crippen molar-refractivity contribution < 1.29 is 14.5 Å². The minimum absolute atomic E-state index is 0.0329. The van der Waals surface area contributed by atoms with Crippen molar-refractivity contribution >= 4 is 27.6 Å². The molecule has 9 heteroatoms. The van der Waals surface area contributed by atoms with Crippen molar-refractivity contribution in [1.82, 2.24) is 14.8 Å². The van der Waals surface area contributed by atoms with E-state index in [0.717, 1.165) is 0 Å². The second kappa shape index (κ2) is 5.78. The fraction of sp³-hybridized carbons (Fsp3) is 0.182. The van der Waals surface area contributed by atoms with Crippen LogP contribution >= 0.6 is 15.9 Å². The van der Waals surface area contributed by atoms with E-state index in [1.165, 1.54) is 24.2 Å². The third kappa shape index (κ3) is 2.99. The standard InChI is InChI=1S/C11H9BrN4O4/c1-20-11(17)10-13-6-15(14-10)5-7-2-3-8(12)4-9(7)16(18)19/h2-4,6H,5H2,1H3. The number of benzene rings is 1. The quantitative estimate of drug-likeness (QED) is 0.477. The van der Waals surface area contributed by atoms with Gasteiger partial charge in [0.1, 0.15) is 6.33 Å². The lowest BCUT2D eigenvalue weighted by Crippen LogP contribution is -2.07. The van der Waals surface area contributed by atoms with Crippen LogP contribution in [-0.2, 0) is 11.3 Å². The number of nitro benzene ring substituents is 1. The third-order valence-corrected chi connectivity index (χ3v) is 2.97. The van der Waals surface area contributed by atoms with Crippen molar-refractivity contribution in [3.05, 3.63) is 50.5 Å². The number of carbonyl (C=O) groups is 1. The molecule has 1 aromatic carbocycles. The lowest BCUT2D eigenvalue weighted by Gasteiger charge is -2.03. The molecule has 8 nitrogen and oxygen atoms in total. The van der Waals surface area contributed by atoms with E-state index in [-0.39, 0.29) is 18.1 Å². The van der Waals surface area contributed by atoms with Crippen LogP contribution < -0.4 is 0 Å². The van der Waals surface area contributed by atoms with Gasteiger partial charge in [0.15, 0.2) is 0 Å². The van der Waals surface area contributed by atoms with Crippen LogP contribution in [-0.4, -0.2) is 32.8 Å². The fourth-order valence-corrected chi connectivity index (χ4v) is 1.92. The Morgan fingerprint density at radius 2 is 2.30 bits per heavy atom. The van der Waals surface area contributed by atoms with Crippen LogP contribution in [0.2, 0.25) is 0 Å². The highest BCUT2D eigenvalue weighted by atomic mass is 79.9. The molecule has 104 valence electrons. The van der Waals surface area contributed by atoms with Gasteiger partial charge in [0.05, 0.1) is 24.1 Å². The minimum atomic E-state index is -0.658. The summed E-state index contributed by atoms with van der Waals surface area (Å²) in [5.74, 6) is -0.749. The summed E-state index contributed by atoms with van der Waals surface area (Å²) in [6.07, 6.45) is 1.32. The lowest BCUT2D eigenvalue weighted by molar-refractivity contribution is -0.385. The SMILES string of the molecule is COC(=O)c1ncn(Cc2ccc(Br)cc2[N+](=O)[O-])n1. The van der Waals surface area contributed by atoms with Crippen LogP contribution in [0, 0.1) is 10.1 Å².